The molecular weight excluding hydrogens is 277 g/mol. The van der Waals surface area contributed by atoms with Gasteiger partial charge in [0.05, 0.1) is 22.4 Å². The maximum Gasteiger partial charge on any atom is 0.144 e. The van der Waals surface area contributed by atoms with Crippen LogP contribution in [0.5, 0.6) is 0 Å². The molecular formula is C15H15ClFN3. The van der Waals surface area contributed by atoms with Gasteiger partial charge >= 0.3 is 0 Å². The van der Waals surface area contributed by atoms with Crippen LogP contribution in [0.1, 0.15) is 24.4 Å². The Hall–Kier alpha value is -1.81. The van der Waals surface area contributed by atoms with Gasteiger partial charge in [0.1, 0.15) is 5.82 Å². The molecule has 1 unspecified atom stereocenters. The minimum Gasteiger partial charge on any atom is -0.397 e. The number of aromatic nitrogens is 1. The number of benzene rings is 1. The van der Waals surface area contributed by atoms with Crippen LogP contribution in [0.2, 0.25) is 5.02 Å². The van der Waals surface area contributed by atoms with E-state index in [2.05, 4.69) is 9.88 Å². The molecule has 20 heavy (non-hydrogen) atoms. The van der Waals surface area contributed by atoms with E-state index in [0.29, 0.717) is 11.4 Å². The summed E-state index contributed by atoms with van der Waals surface area (Å²) in [7, 11) is 0. The molecule has 1 saturated heterocycles. The van der Waals surface area contributed by atoms with Crippen molar-refractivity contribution >= 4 is 23.0 Å². The molecule has 1 aliphatic rings. The number of hydrogen-bond acceptors (Lipinski definition) is 3. The minimum atomic E-state index is -0.437. The fourth-order valence-electron chi connectivity index (χ4n) is 2.78. The summed E-state index contributed by atoms with van der Waals surface area (Å²) in [5, 5.41) is 0.0587. The zero-order chi connectivity index (χ0) is 14.1. The van der Waals surface area contributed by atoms with Crippen LogP contribution in [0.15, 0.2) is 36.7 Å². The maximum absolute atomic E-state index is 13.7. The molecule has 0 radical (unpaired) electrons. The Labute approximate surface area is 122 Å². The van der Waals surface area contributed by atoms with Crippen LogP contribution in [-0.2, 0) is 0 Å². The van der Waals surface area contributed by atoms with Crippen molar-refractivity contribution in [3.8, 4) is 0 Å². The highest BCUT2D eigenvalue weighted by atomic mass is 35.5. The predicted octanol–water partition coefficient (Wildman–Crippen LogP) is 3.80. The fourth-order valence-corrected chi connectivity index (χ4v) is 2.95. The van der Waals surface area contributed by atoms with Gasteiger partial charge in [0.2, 0.25) is 0 Å². The summed E-state index contributed by atoms with van der Waals surface area (Å²) >= 11 is 5.76. The predicted molar refractivity (Wildman–Crippen MR) is 79.4 cm³/mol. The van der Waals surface area contributed by atoms with Gasteiger partial charge < -0.3 is 10.6 Å². The zero-order valence-corrected chi connectivity index (χ0v) is 11.6. The molecule has 2 aromatic rings. The molecule has 2 N–H and O–H groups in total. The van der Waals surface area contributed by atoms with Gasteiger partial charge in [-0.05, 0) is 30.5 Å². The Bertz CT molecular complexity index is 618. The van der Waals surface area contributed by atoms with Crippen molar-refractivity contribution in [3.63, 3.8) is 0 Å². The fraction of sp³-hybridized carbons (Fsp3) is 0.267. The van der Waals surface area contributed by atoms with Crippen LogP contribution in [0.3, 0.4) is 0 Å². The summed E-state index contributed by atoms with van der Waals surface area (Å²) in [6, 6.07) is 7.04. The largest absolute Gasteiger partial charge is 0.397 e. The molecule has 1 aromatic carbocycles. The topological polar surface area (TPSA) is 42.1 Å². The monoisotopic (exact) mass is 291 g/mol. The van der Waals surface area contributed by atoms with Crippen molar-refractivity contribution < 1.29 is 4.39 Å². The summed E-state index contributed by atoms with van der Waals surface area (Å²) in [6.07, 6.45) is 5.66. The van der Waals surface area contributed by atoms with E-state index in [0.717, 1.165) is 24.9 Å². The molecule has 0 bridgehead atoms. The SMILES string of the molecule is Nc1cc(Cl)c(F)cc1N1CCCC1c1cccnc1. The first-order chi connectivity index (χ1) is 9.66. The van der Waals surface area contributed by atoms with E-state index in [1.54, 1.807) is 6.20 Å². The molecule has 5 heteroatoms. The molecule has 1 atom stereocenters. The van der Waals surface area contributed by atoms with Crippen molar-refractivity contribution in [1.29, 1.82) is 0 Å². The second-order valence-electron chi connectivity index (χ2n) is 4.96. The van der Waals surface area contributed by atoms with Crippen LogP contribution >= 0.6 is 11.6 Å². The van der Waals surface area contributed by atoms with Gasteiger partial charge in [-0.2, -0.15) is 0 Å². The molecule has 0 spiro atoms. The van der Waals surface area contributed by atoms with Gasteiger partial charge in [-0.15, -0.1) is 0 Å². The summed E-state index contributed by atoms with van der Waals surface area (Å²) in [5.41, 5.74) is 8.34. The number of nitrogens with two attached hydrogens (primary N) is 1. The van der Waals surface area contributed by atoms with E-state index in [1.807, 2.05) is 18.3 Å². The first kappa shape index (κ1) is 13.2. The molecule has 3 rings (SSSR count). The number of nitrogen functional groups attached to an aromatic ring is 1. The Kier molecular flexibility index (Phi) is 3.49. The summed E-state index contributed by atoms with van der Waals surface area (Å²) in [4.78, 5) is 6.29. The van der Waals surface area contributed by atoms with Crippen molar-refractivity contribution in [2.45, 2.75) is 18.9 Å². The third kappa shape index (κ3) is 2.31. The molecule has 104 valence electrons. The minimum absolute atomic E-state index is 0.0587. The second kappa shape index (κ2) is 5.29. The maximum atomic E-state index is 13.7. The van der Waals surface area contributed by atoms with Gasteiger partial charge in [0.25, 0.3) is 0 Å². The molecule has 2 heterocycles. The highest BCUT2D eigenvalue weighted by Gasteiger charge is 2.28. The van der Waals surface area contributed by atoms with Crippen LogP contribution in [0.4, 0.5) is 15.8 Å². The van der Waals surface area contributed by atoms with E-state index in [-0.39, 0.29) is 11.1 Å². The van der Waals surface area contributed by atoms with Gasteiger partial charge in [0, 0.05) is 25.0 Å². The third-order valence-electron chi connectivity index (χ3n) is 3.70. The number of halogens is 2. The van der Waals surface area contributed by atoms with Crippen LogP contribution in [0, 0.1) is 5.82 Å². The normalized spacial score (nSPS) is 18.5. The Morgan fingerprint density at radius 2 is 2.25 bits per heavy atom. The lowest BCUT2D eigenvalue weighted by Gasteiger charge is -2.28. The average Bonchev–Trinajstić information content (AvgIpc) is 2.93. The Balaban J connectivity index is 1.99. The Morgan fingerprint density at radius 1 is 1.40 bits per heavy atom. The third-order valence-corrected chi connectivity index (χ3v) is 3.99. The first-order valence-electron chi connectivity index (χ1n) is 6.58. The van der Waals surface area contributed by atoms with E-state index in [4.69, 9.17) is 17.3 Å². The lowest BCUT2D eigenvalue weighted by Crippen LogP contribution is -2.23. The highest BCUT2D eigenvalue weighted by molar-refractivity contribution is 6.31. The van der Waals surface area contributed by atoms with Crippen molar-refractivity contribution in [2.75, 3.05) is 17.2 Å². The summed E-state index contributed by atoms with van der Waals surface area (Å²) < 4.78 is 13.7. The van der Waals surface area contributed by atoms with E-state index in [1.165, 1.54) is 12.1 Å². The second-order valence-corrected chi connectivity index (χ2v) is 5.37. The van der Waals surface area contributed by atoms with E-state index >= 15 is 0 Å². The van der Waals surface area contributed by atoms with Gasteiger partial charge in [0.15, 0.2) is 0 Å². The smallest absolute Gasteiger partial charge is 0.144 e. The molecule has 1 fully saturated rings. The lowest BCUT2D eigenvalue weighted by molar-refractivity contribution is 0.626. The number of hydrogen-bond donors (Lipinski definition) is 1. The molecule has 0 amide bonds. The van der Waals surface area contributed by atoms with E-state index in [9.17, 15) is 4.39 Å². The van der Waals surface area contributed by atoms with Crippen molar-refractivity contribution in [3.05, 3.63) is 53.1 Å². The quantitative estimate of drug-likeness (QED) is 0.856. The van der Waals surface area contributed by atoms with Crippen LogP contribution in [0.25, 0.3) is 0 Å². The number of rotatable bonds is 2. The van der Waals surface area contributed by atoms with Gasteiger partial charge in [-0.25, -0.2) is 4.39 Å². The first-order valence-corrected chi connectivity index (χ1v) is 6.95. The van der Waals surface area contributed by atoms with Gasteiger partial charge in [-0.3, -0.25) is 4.98 Å². The molecule has 0 aliphatic carbocycles. The lowest BCUT2D eigenvalue weighted by atomic mass is 10.1. The van der Waals surface area contributed by atoms with Crippen LogP contribution < -0.4 is 10.6 Å². The molecule has 1 aromatic heterocycles. The van der Waals surface area contributed by atoms with Gasteiger partial charge in [-0.1, -0.05) is 17.7 Å². The standard InChI is InChI=1S/C15H15ClFN3/c16-11-7-13(18)15(8-12(11)17)20-6-2-4-14(20)10-3-1-5-19-9-10/h1,3,5,7-9,14H,2,4,6,18H2. The number of pyridine rings is 1. The molecule has 1 aliphatic heterocycles. The van der Waals surface area contributed by atoms with Crippen molar-refractivity contribution in [2.24, 2.45) is 0 Å². The molecule has 3 nitrogen and oxygen atoms in total. The summed E-state index contributed by atoms with van der Waals surface area (Å²) in [5.74, 6) is -0.437. The average molecular weight is 292 g/mol. The number of nitrogens with zero attached hydrogens (tertiary/aromatic N) is 2. The molecule has 0 saturated carbocycles. The van der Waals surface area contributed by atoms with E-state index < -0.39 is 5.82 Å². The summed E-state index contributed by atoms with van der Waals surface area (Å²) in [6.45, 7) is 0.852. The Morgan fingerprint density at radius 3 is 3.00 bits per heavy atom. The van der Waals surface area contributed by atoms with Crippen LogP contribution in [-0.4, -0.2) is 11.5 Å². The highest BCUT2D eigenvalue weighted by Crippen LogP contribution is 2.39. The number of anilines is 2. The van der Waals surface area contributed by atoms with Crippen molar-refractivity contribution in [1.82, 2.24) is 4.98 Å². The zero-order valence-electron chi connectivity index (χ0n) is 10.9.